The Hall–Kier alpha value is -3.26. The van der Waals surface area contributed by atoms with Crippen molar-refractivity contribution in [3.8, 4) is 5.69 Å². The van der Waals surface area contributed by atoms with Crippen LogP contribution in [0.25, 0.3) is 16.7 Å². The minimum atomic E-state index is 0.124. The Bertz CT molecular complexity index is 1270. The summed E-state index contributed by atoms with van der Waals surface area (Å²) in [6, 6.07) is 14.0. The summed E-state index contributed by atoms with van der Waals surface area (Å²) in [6.45, 7) is 4.91. The van der Waals surface area contributed by atoms with E-state index in [2.05, 4.69) is 17.0 Å². The third kappa shape index (κ3) is 3.35. The highest BCUT2D eigenvalue weighted by molar-refractivity contribution is 7.12. The van der Waals surface area contributed by atoms with Crippen LogP contribution in [-0.2, 0) is 0 Å². The quantitative estimate of drug-likeness (QED) is 0.476. The van der Waals surface area contributed by atoms with E-state index in [1.807, 2.05) is 52.2 Å². The van der Waals surface area contributed by atoms with Crippen molar-refractivity contribution in [3.05, 3.63) is 64.2 Å². The number of piperazine rings is 1. The van der Waals surface area contributed by atoms with Crippen LogP contribution in [0.3, 0.4) is 0 Å². The van der Waals surface area contributed by atoms with E-state index < -0.39 is 0 Å². The van der Waals surface area contributed by atoms with E-state index in [4.69, 9.17) is 15.1 Å². The van der Waals surface area contributed by atoms with Gasteiger partial charge in [0, 0.05) is 32.1 Å². The van der Waals surface area contributed by atoms with E-state index in [0.29, 0.717) is 19.0 Å². The summed E-state index contributed by atoms with van der Waals surface area (Å²) in [7, 11) is 0. The van der Waals surface area contributed by atoms with Gasteiger partial charge in [-0.05, 0) is 43.3 Å². The number of nitrogens with zero attached hydrogens (tertiary/aromatic N) is 6. The Morgan fingerprint density at radius 2 is 1.78 bits per heavy atom. The third-order valence-corrected chi connectivity index (χ3v) is 7.10. The Kier molecular flexibility index (Phi) is 4.68. The van der Waals surface area contributed by atoms with Gasteiger partial charge in [-0.2, -0.15) is 5.10 Å². The van der Waals surface area contributed by atoms with Crippen LogP contribution >= 0.6 is 11.3 Å². The SMILES string of the molecule is Cc1nn(-c2ccccc2)c2nc(C3CC3)nc(N3CCN(C(=O)c4cccs4)CC3)c12. The monoisotopic (exact) mass is 444 g/mol. The number of rotatable bonds is 4. The lowest BCUT2D eigenvalue weighted by Gasteiger charge is -2.35. The van der Waals surface area contributed by atoms with Crippen molar-refractivity contribution in [1.29, 1.82) is 0 Å². The molecule has 1 aliphatic carbocycles. The molecule has 4 heterocycles. The van der Waals surface area contributed by atoms with Crippen molar-refractivity contribution in [2.45, 2.75) is 25.7 Å². The first kappa shape index (κ1) is 19.4. The molecule has 1 aliphatic heterocycles. The predicted octanol–water partition coefficient (Wildman–Crippen LogP) is 4.03. The highest BCUT2D eigenvalue weighted by Gasteiger charge is 2.31. The number of anilines is 1. The van der Waals surface area contributed by atoms with E-state index in [0.717, 1.165) is 64.9 Å². The van der Waals surface area contributed by atoms with Gasteiger partial charge in [-0.3, -0.25) is 4.79 Å². The zero-order valence-electron chi connectivity index (χ0n) is 17.9. The zero-order valence-corrected chi connectivity index (χ0v) is 18.8. The minimum Gasteiger partial charge on any atom is -0.352 e. The standard InChI is InChI=1S/C24H24N6OS/c1-16-20-22(28-11-13-29(14-12-28)24(31)19-8-5-15-32-19)25-21(17-9-10-17)26-23(20)30(27-16)18-6-3-2-4-7-18/h2-8,15,17H,9-14H2,1H3. The summed E-state index contributed by atoms with van der Waals surface area (Å²) >= 11 is 1.50. The number of hydrogen-bond donors (Lipinski definition) is 0. The molecule has 2 fully saturated rings. The number of hydrogen-bond acceptors (Lipinski definition) is 6. The molecule has 7 nitrogen and oxygen atoms in total. The molecule has 0 N–H and O–H groups in total. The van der Waals surface area contributed by atoms with E-state index >= 15 is 0 Å². The van der Waals surface area contributed by atoms with Gasteiger partial charge in [0.15, 0.2) is 5.65 Å². The molecule has 32 heavy (non-hydrogen) atoms. The molecule has 8 heteroatoms. The number of amides is 1. The molecule has 0 unspecified atom stereocenters. The minimum absolute atomic E-state index is 0.124. The molecule has 2 aliphatic rings. The highest BCUT2D eigenvalue weighted by atomic mass is 32.1. The Labute approximate surface area is 190 Å². The van der Waals surface area contributed by atoms with E-state index in [1.54, 1.807) is 0 Å². The van der Waals surface area contributed by atoms with Crippen LogP contribution in [0.5, 0.6) is 0 Å². The number of para-hydroxylation sites is 1. The normalized spacial score (nSPS) is 16.7. The first-order chi connectivity index (χ1) is 15.7. The Balaban J connectivity index is 1.36. The third-order valence-electron chi connectivity index (χ3n) is 6.24. The van der Waals surface area contributed by atoms with E-state index in [9.17, 15) is 4.79 Å². The van der Waals surface area contributed by atoms with Crippen LogP contribution in [0.15, 0.2) is 47.8 Å². The second kappa shape index (κ2) is 7.70. The lowest BCUT2D eigenvalue weighted by Crippen LogP contribution is -2.49. The van der Waals surface area contributed by atoms with Crippen LogP contribution in [0.1, 0.15) is 39.9 Å². The van der Waals surface area contributed by atoms with Crippen molar-refractivity contribution < 1.29 is 4.79 Å². The van der Waals surface area contributed by atoms with Crippen LogP contribution < -0.4 is 4.90 Å². The summed E-state index contributed by atoms with van der Waals surface area (Å²) in [5.74, 6) is 2.44. The molecular formula is C24H24N6OS. The van der Waals surface area contributed by atoms with Gasteiger partial charge in [-0.25, -0.2) is 14.6 Å². The average molecular weight is 445 g/mol. The number of carbonyl (C=O) groups excluding carboxylic acids is 1. The molecule has 1 aromatic carbocycles. The van der Waals surface area contributed by atoms with E-state index in [1.165, 1.54) is 11.3 Å². The number of benzene rings is 1. The molecule has 1 saturated heterocycles. The van der Waals surface area contributed by atoms with Gasteiger partial charge in [0.1, 0.15) is 11.6 Å². The van der Waals surface area contributed by atoms with Crippen molar-refractivity contribution in [2.75, 3.05) is 31.1 Å². The number of carbonyl (C=O) groups is 1. The van der Waals surface area contributed by atoms with Crippen molar-refractivity contribution in [1.82, 2.24) is 24.6 Å². The number of aromatic nitrogens is 4. The molecule has 3 aromatic heterocycles. The predicted molar refractivity (Wildman–Crippen MR) is 126 cm³/mol. The largest absolute Gasteiger partial charge is 0.352 e. The summed E-state index contributed by atoms with van der Waals surface area (Å²) in [6.07, 6.45) is 2.29. The molecule has 0 bridgehead atoms. The second-order valence-electron chi connectivity index (χ2n) is 8.47. The molecule has 4 aromatic rings. The van der Waals surface area contributed by atoms with Gasteiger partial charge in [0.25, 0.3) is 5.91 Å². The first-order valence-corrected chi connectivity index (χ1v) is 12.0. The average Bonchev–Trinajstić information content (AvgIpc) is 3.44. The van der Waals surface area contributed by atoms with Crippen LogP contribution in [-0.4, -0.2) is 56.7 Å². The number of thiophene rings is 1. The molecule has 162 valence electrons. The van der Waals surface area contributed by atoms with Gasteiger partial charge in [0.05, 0.1) is 21.6 Å². The molecular weight excluding hydrogens is 420 g/mol. The van der Waals surface area contributed by atoms with Crippen molar-refractivity contribution in [2.24, 2.45) is 0 Å². The van der Waals surface area contributed by atoms with E-state index in [-0.39, 0.29) is 5.91 Å². The van der Waals surface area contributed by atoms with Crippen molar-refractivity contribution >= 4 is 34.1 Å². The summed E-state index contributed by atoms with van der Waals surface area (Å²) in [5.41, 5.74) is 2.80. The fourth-order valence-corrected chi connectivity index (χ4v) is 5.05. The summed E-state index contributed by atoms with van der Waals surface area (Å²) in [5, 5.41) is 7.80. The maximum atomic E-state index is 12.8. The topological polar surface area (TPSA) is 67.2 Å². The van der Waals surface area contributed by atoms with Crippen LogP contribution in [0, 0.1) is 6.92 Å². The second-order valence-corrected chi connectivity index (χ2v) is 9.42. The van der Waals surface area contributed by atoms with Gasteiger partial charge >= 0.3 is 0 Å². The fraction of sp³-hybridized carbons (Fsp3) is 0.333. The maximum Gasteiger partial charge on any atom is 0.264 e. The van der Waals surface area contributed by atoms with Crippen LogP contribution in [0.2, 0.25) is 0 Å². The van der Waals surface area contributed by atoms with Gasteiger partial charge < -0.3 is 9.80 Å². The van der Waals surface area contributed by atoms with Gasteiger partial charge in [-0.1, -0.05) is 24.3 Å². The number of aryl methyl sites for hydroxylation is 1. The van der Waals surface area contributed by atoms with Gasteiger partial charge in [0.2, 0.25) is 0 Å². The lowest BCUT2D eigenvalue weighted by molar-refractivity contribution is 0.0751. The molecule has 0 spiro atoms. The fourth-order valence-electron chi connectivity index (χ4n) is 4.36. The molecule has 0 radical (unpaired) electrons. The molecule has 6 rings (SSSR count). The van der Waals surface area contributed by atoms with Gasteiger partial charge in [-0.15, -0.1) is 11.3 Å². The number of fused-ring (bicyclic) bond motifs is 1. The lowest BCUT2D eigenvalue weighted by atomic mass is 10.2. The zero-order chi connectivity index (χ0) is 21.7. The van der Waals surface area contributed by atoms with Crippen LogP contribution in [0.4, 0.5) is 5.82 Å². The maximum absolute atomic E-state index is 12.8. The first-order valence-electron chi connectivity index (χ1n) is 11.1. The molecule has 0 atom stereocenters. The Morgan fingerprint density at radius 3 is 2.47 bits per heavy atom. The van der Waals surface area contributed by atoms with Crippen molar-refractivity contribution in [3.63, 3.8) is 0 Å². The molecule has 1 saturated carbocycles. The molecule has 1 amide bonds. The smallest absolute Gasteiger partial charge is 0.264 e. The highest BCUT2D eigenvalue weighted by Crippen LogP contribution is 2.40. The Morgan fingerprint density at radius 1 is 1.00 bits per heavy atom. The summed E-state index contributed by atoms with van der Waals surface area (Å²) in [4.78, 5) is 27.8. The summed E-state index contributed by atoms with van der Waals surface area (Å²) < 4.78 is 1.94.